The lowest BCUT2D eigenvalue weighted by molar-refractivity contribution is 0.463. The molecule has 0 aliphatic heterocycles. The molecule has 0 unspecified atom stereocenters. The molecule has 0 atom stereocenters. The average Bonchev–Trinajstić information content (AvgIpc) is 2.75. The van der Waals surface area contributed by atoms with E-state index in [-0.39, 0.29) is 22.2 Å². The summed E-state index contributed by atoms with van der Waals surface area (Å²) in [5.41, 5.74) is 0.701. The van der Waals surface area contributed by atoms with Gasteiger partial charge in [0.2, 0.25) is 15.9 Å². The summed E-state index contributed by atoms with van der Waals surface area (Å²) in [5.74, 6) is 0.901. The molecule has 0 radical (unpaired) electrons. The lowest BCUT2D eigenvalue weighted by atomic mass is 10.4. The first-order valence-electron chi connectivity index (χ1n) is 6.32. The van der Waals surface area contributed by atoms with Crippen LogP contribution in [0.25, 0.3) is 0 Å². The van der Waals surface area contributed by atoms with Crippen molar-refractivity contribution in [2.75, 3.05) is 6.26 Å². The van der Waals surface area contributed by atoms with E-state index in [2.05, 4.69) is 9.71 Å². The van der Waals surface area contributed by atoms with E-state index in [0.717, 1.165) is 6.26 Å². The maximum atomic E-state index is 12.1. The Hall–Kier alpha value is -1.71. The number of aryl methyl sites for hydroxylation is 2. The number of hydrogen-bond acceptors (Lipinski definition) is 6. The minimum absolute atomic E-state index is 0.0279. The molecule has 0 spiro atoms. The van der Waals surface area contributed by atoms with E-state index in [0.29, 0.717) is 11.5 Å². The summed E-state index contributed by atoms with van der Waals surface area (Å²) in [5, 5.41) is 0. The molecule has 0 saturated heterocycles. The standard InChI is InChI=1S/C13H16N2O5S2/c1-9-10(2)20-13(15-9)8-14-22(18,19)12-6-4-11(5-7-12)21(3,16)17/h4-7,14H,8H2,1-3H3. The number of benzene rings is 1. The van der Waals surface area contributed by atoms with E-state index in [1.165, 1.54) is 24.3 Å². The van der Waals surface area contributed by atoms with Crippen molar-refractivity contribution in [1.29, 1.82) is 0 Å². The van der Waals surface area contributed by atoms with Crippen molar-refractivity contribution in [3.8, 4) is 0 Å². The molecular weight excluding hydrogens is 328 g/mol. The summed E-state index contributed by atoms with van der Waals surface area (Å²) in [6.45, 7) is 3.43. The van der Waals surface area contributed by atoms with Gasteiger partial charge >= 0.3 is 0 Å². The minimum atomic E-state index is -3.77. The molecule has 0 aliphatic rings. The fourth-order valence-electron chi connectivity index (χ4n) is 1.72. The van der Waals surface area contributed by atoms with Crippen LogP contribution in [0.1, 0.15) is 17.3 Å². The smallest absolute Gasteiger partial charge is 0.241 e. The topological polar surface area (TPSA) is 106 Å². The van der Waals surface area contributed by atoms with Crippen LogP contribution in [0, 0.1) is 13.8 Å². The van der Waals surface area contributed by atoms with Gasteiger partial charge < -0.3 is 4.42 Å². The normalized spacial score (nSPS) is 12.5. The van der Waals surface area contributed by atoms with Crippen LogP contribution in [0.4, 0.5) is 0 Å². The fourth-order valence-corrected chi connectivity index (χ4v) is 3.33. The Bertz CT molecular complexity index is 862. The van der Waals surface area contributed by atoms with Gasteiger partial charge in [-0.25, -0.2) is 26.5 Å². The van der Waals surface area contributed by atoms with Crippen molar-refractivity contribution < 1.29 is 21.3 Å². The first-order chi connectivity index (χ1) is 10.1. The van der Waals surface area contributed by atoms with Gasteiger partial charge in [0.05, 0.1) is 22.0 Å². The lowest BCUT2D eigenvalue weighted by Gasteiger charge is -2.05. The van der Waals surface area contributed by atoms with Crippen molar-refractivity contribution in [1.82, 2.24) is 9.71 Å². The zero-order valence-corrected chi connectivity index (χ0v) is 14.0. The van der Waals surface area contributed by atoms with Crippen LogP contribution in [0.2, 0.25) is 0 Å². The Morgan fingerprint density at radius 2 is 1.59 bits per heavy atom. The second-order valence-electron chi connectivity index (χ2n) is 4.82. The second kappa shape index (κ2) is 5.82. The SMILES string of the molecule is Cc1nc(CNS(=O)(=O)c2ccc(S(C)(=O)=O)cc2)oc1C. The molecule has 1 heterocycles. The van der Waals surface area contributed by atoms with E-state index in [4.69, 9.17) is 4.42 Å². The number of nitrogens with one attached hydrogen (secondary N) is 1. The van der Waals surface area contributed by atoms with Crippen LogP contribution in [-0.2, 0) is 26.4 Å². The van der Waals surface area contributed by atoms with Crippen LogP contribution in [0.3, 0.4) is 0 Å². The third-order valence-electron chi connectivity index (χ3n) is 3.05. The highest BCUT2D eigenvalue weighted by Crippen LogP contribution is 2.15. The van der Waals surface area contributed by atoms with Gasteiger partial charge in [-0.15, -0.1) is 0 Å². The van der Waals surface area contributed by atoms with Gasteiger partial charge in [0.25, 0.3) is 0 Å². The third-order valence-corrected chi connectivity index (χ3v) is 5.59. The molecule has 1 N–H and O–H groups in total. The van der Waals surface area contributed by atoms with Crippen molar-refractivity contribution in [3.05, 3.63) is 41.6 Å². The maximum absolute atomic E-state index is 12.1. The summed E-state index contributed by atoms with van der Waals surface area (Å²) >= 11 is 0. The molecule has 9 heteroatoms. The molecule has 120 valence electrons. The van der Waals surface area contributed by atoms with Crippen LogP contribution >= 0.6 is 0 Å². The number of rotatable bonds is 5. The molecule has 0 fully saturated rings. The number of oxazole rings is 1. The fraction of sp³-hybridized carbons (Fsp3) is 0.308. The zero-order valence-electron chi connectivity index (χ0n) is 12.3. The van der Waals surface area contributed by atoms with E-state index in [1.807, 2.05) is 0 Å². The number of aromatic nitrogens is 1. The molecule has 0 saturated carbocycles. The number of sulfonamides is 1. The highest BCUT2D eigenvalue weighted by molar-refractivity contribution is 7.90. The van der Waals surface area contributed by atoms with E-state index in [9.17, 15) is 16.8 Å². The molecule has 2 aromatic rings. The molecule has 0 amide bonds. The van der Waals surface area contributed by atoms with E-state index in [1.54, 1.807) is 13.8 Å². The van der Waals surface area contributed by atoms with Crippen LogP contribution in [-0.4, -0.2) is 28.1 Å². The predicted octanol–water partition coefficient (Wildman–Crippen LogP) is 1.17. The van der Waals surface area contributed by atoms with Crippen molar-refractivity contribution in [3.63, 3.8) is 0 Å². The molecule has 2 rings (SSSR count). The van der Waals surface area contributed by atoms with Gasteiger partial charge in [0, 0.05) is 6.26 Å². The highest BCUT2D eigenvalue weighted by atomic mass is 32.2. The minimum Gasteiger partial charge on any atom is -0.444 e. The average molecular weight is 344 g/mol. The Morgan fingerprint density at radius 1 is 1.05 bits per heavy atom. The van der Waals surface area contributed by atoms with Crippen LogP contribution < -0.4 is 4.72 Å². The summed E-state index contributed by atoms with van der Waals surface area (Å²) < 4.78 is 54.6. The zero-order chi connectivity index (χ0) is 16.5. The van der Waals surface area contributed by atoms with Crippen LogP contribution in [0.15, 0.2) is 38.5 Å². The van der Waals surface area contributed by atoms with Crippen molar-refractivity contribution in [2.24, 2.45) is 0 Å². The molecule has 0 aliphatic carbocycles. The highest BCUT2D eigenvalue weighted by Gasteiger charge is 2.17. The van der Waals surface area contributed by atoms with Gasteiger partial charge in [0.1, 0.15) is 5.76 Å². The van der Waals surface area contributed by atoms with Gasteiger partial charge in [-0.2, -0.15) is 0 Å². The van der Waals surface area contributed by atoms with Gasteiger partial charge in [-0.05, 0) is 38.1 Å². The number of hydrogen-bond donors (Lipinski definition) is 1. The molecular formula is C13H16N2O5S2. The largest absolute Gasteiger partial charge is 0.444 e. The van der Waals surface area contributed by atoms with E-state index >= 15 is 0 Å². The summed E-state index contributed by atoms with van der Waals surface area (Å²) in [6.07, 6.45) is 1.06. The Labute approximate surface area is 129 Å². The molecule has 1 aromatic carbocycles. The lowest BCUT2D eigenvalue weighted by Crippen LogP contribution is -2.23. The first kappa shape index (κ1) is 16.7. The van der Waals surface area contributed by atoms with Gasteiger partial charge in [-0.3, -0.25) is 0 Å². The molecule has 1 aromatic heterocycles. The monoisotopic (exact) mass is 344 g/mol. The van der Waals surface area contributed by atoms with Gasteiger partial charge in [0.15, 0.2) is 9.84 Å². The van der Waals surface area contributed by atoms with Gasteiger partial charge in [-0.1, -0.05) is 0 Å². The molecule has 0 bridgehead atoms. The summed E-state index contributed by atoms with van der Waals surface area (Å²) in [6, 6.07) is 4.99. The Morgan fingerprint density at radius 3 is 2.05 bits per heavy atom. The first-order valence-corrected chi connectivity index (χ1v) is 9.70. The quantitative estimate of drug-likeness (QED) is 0.873. The van der Waals surface area contributed by atoms with Crippen LogP contribution in [0.5, 0.6) is 0 Å². The van der Waals surface area contributed by atoms with Crippen molar-refractivity contribution in [2.45, 2.75) is 30.2 Å². The maximum Gasteiger partial charge on any atom is 0.241 e. The molecule has 7 nitrogen and oxygen atoms in total. The summed E-state index contributed by atoms with van der Waals surface area (Å²) in [4.78, 5) is 4.11. The number of sulfone groups is 1. The Kier molecular flexibility index (Phi) is 4.41. The summed E-state index contributed by atoms with van der Waals surface area (Å²) in [7, 11) is -7.13. The van der Waals surface area contributed by atoms with E-state index < -0.39 is 19.9 Å². The predicted molar refractivity (Wildman–Crippen MR) is 79.6 cm³/mol. The number of nitrogens with zero attached hydrogens (tertiary/aromatic N) is 1. The third kappa shape index (κ3) is 3.73. The second-order valence-corrected chi connectivity index (χ2v) is 8.60. The molecule has 22 heavy (non-hydrogen) atoms. The Balaban J connectivity index is 2.16. The van der Waals surface area contributed by atoms with Crippen molar-refractivity contribution >= 4 is 19.9 Å².